The number of hydrogen-bond donors (Lipinski definition) is 0. The molecule has 0 N–H and O–H groups in total. The zero-order valence-corrected chi connectivity index (χ0v) is 13.6. The van der Waals surface area contributed by atoms with Crippen LogP contribution >= 0.6 is 0 Å². The molecule has 1 fully saturated rings. The van der Waals surface area contributed by atoms with Crippen LogP contribution in [0.25, 0.3) is 0 Å². The molecule has 0 atom stereocenters. The van der Waals surface area contributed by atoms with Gasteiger partial charge in [-0.25, -0.2) is 0 Å². The second-order valence-corrected chi connectivity index (χ2v) is 5.80. The minimum atomic E-state index is -0.555. The number of carbonyl (C=O) groups is 1. The lowest BCUT2D eigenvalue weighted by molar-refractivity contribution is -0.153. The van der Waals surface area contributed by atoms with Crippen LogP contribution in [0.3, 0.4) is 0 Å². The van der Waals surface area contributed by atoms with E-state index in [-0.39, 0.29) is 5.97 Å². The smallest absolute Gasteiger partial charge is 0.304 e. The summed E-state index contributed by atoms with van der Waals surface area (Å²) < 4.78 is 5.57. The molecule has 118 valence electrons. The van der Waals surface area contributed by atoms with Gasteiger partial charge in [-0.3, -0.25) is 4.79 Å². The molecule has 22 heavy (non-hydrogen) atoms. The van der Waals surface area contributed by atoms with E-state index in [2.05, 4.69) is 35.8 Å². The Kier molecular flexibility index (Phi) is 5.89. The number of ether oxygens (including phenoxy) is 1. The van der Waals surface area contributed by atoms with Gasteiger partial charge < -0.3 is 9.64 Å². The van der Waals surface area contributed by atoms with Crippen molar-refractivity contribution in [1.29, 1.82) is 0 Å². The predicted molar refractivity (Wildman–Crippen MR) is 89.7 cm³/mol. The summed E-state index contributed by atoms with van der Waals surface area (Å²) >= 11 is 0. The number of para-hydroxylation sites is 1. The van der Waals surface area contributed by atoms with Crippen LogP contribution in [-0.4, -0.2) is 24.7 Å². The Balaban J connectivity index is 2.07. The lowest BCUT2D eigenvalue weighted by Crippen LogP contribution is -2.35. The first-order chi connectivity index (χ1) is 10.7. The van der Waals surface area contributed by atoms with E-state index in [1.54, 1.807) is 0 Å². The van der Waals surface area contributed by atoms with Crippen LogP contribution in [0.5, 0.6) is 0 Å². The molecule has 0 radical (unpaired) electrons. The SMILES string of the molecule is CCN(CC#CC1(OC(C)=O)CCCCC1)c1ccccc1. The van der Waals surface area contributed by atoms with Crippen molar-refractivity contribution >= 4 is 11.7 Å². The molecule has 3 heteroatoms. The highest BCUT2D eigenvalue weighted by Crippen LogP contribution is 2.31. The van der Waals surface area contributed by atoms with Crippen molar-refractivity contribution in [2.45, 2.75) is 51.6 Å². The standard InChI is InChI=1S/C19H25NO2/c1-3-20(18-11-6-4-7-12-18)16-10-15-19(22-17(2)21)13-8-5-9-14-19/h4,6-7,11-12H,3,5,8-9,13-14,16H2,1-2H3. The van der Waals surface area contributed by atoms with Gasteiger partial charge in [0.2, 0.25) is 0 Å². The fourth-order valence-corrected chi connectivity index (χ4v) is 2.97. The largest absolute Gasteiger partial charge is 0.446 e. The van der Waals surface area contributed by atoms with Crippen LogP contribution in [0.1, 0.15) is 46.0 Å². The van der Waals surface area contributed by atoms with E-state index >= 15 is 0 Å². The Labute approximate surface area is 133 Å². The number of anilines is 1. The fourth-order valence-electron chi connectivity index (χ4n) is 2.97. The fraction of sp³-hybridized carbons (Fsp3) is 0.526. The summed E-state index contributed by atoms with van der Waals surface area (Å²) in [6, 6.07) is 10.3. The van der Waals surface area contributed by atoms with Gasteiger partial charge in [0.1, 0.15) is 0 Å². The highest BCUT2D eigenvalue weighted by Gasteiger charge is 2.33. The van der Waals surface area contributed by atoms with Crippen LogP contribution < -0.4 is 4.90 Å². The van der Waals surface area contributed by atoms with Gasteiger partial charge in [0.05, 0.1) is 6.54 Å². The highest BCUT2D eigenvalue weighted by atomic mass is 16.6. The van der Waals surface area contributed by atoms with Crippen LogP contribution in [0.2, 0.25) is 0 Å². The Hall–Kier alpha value is -1.95. The minimum Gasteiger partial charge on any atom is -0.446 e. The van der Waals surface area contributed by atoms with Gasteiger partial charge in [0.15, 0.2) is 5.60 Å². The van der Waals surface area contributed by atoms with E-state index in [0.29, 0.717) is 6.54 Å². The van der Waals surface area contributed by atoms with Crippen LogP contribution in [0.4, 0.5) is 5.69 Å². The van der Waals surface area contributed by atoms with E-state index < -0.39 is 5.60 Å². The Morgan fingerprint density at radius 2 is 1.91 bits per heavy atom. The summed E-state index contributed by atoms with van der Waals surface area (Å²) in [7, 11) is 0. The molecule has 1 aromatic carbocycles. The number of nitrogens with zero attached hydrogens (tertiary/aromatic N) is 1. The van der Waals surface area contributed by atoms with E-state index in [1.165, 1.54) is 19.0 Å². The number of hydrogen-bond acceptors (Lipinski definition) is 3. The maximum absolute atomic E-state index is 11.4. The Bertz CT molecular complexity index is 536. The van der Waals surface area contributed by atoms with Crippen molar-refractivity contribution in [3.8, 4) is 11.8 Å². The molecule has 0 heterocycles. The van der Waals surface area contributed by atoms with Gasteiger partial charge in [-0.05, 0) is 44.7 Å². The van der Waals surface area contributed by atoms with Gasteiger partial charge in [-0.1, -0.05) is 36.5 Å². The number of benzene rings is 1. The molecular weight excluding hydrogens is 274 g/mol. The second-order valence-electron chi connectivity index (χ2n) is 5.80. The molecule has 0 spiro atoms. The first-order valence-electron chi connectivity index (χ1n) is 8.15. The molecule has 0 amide bonds. The van der Waals surface area contributed by atoms with Crippen molar-refractivity contribution in [3.63, 3.8) is 0 Å². The second kappa shape index (κ2) is 7.89. The maximum atomic E-state index is 11.4. The van der Waals surface area contributed by atoms with Crippen molar-refractivity contribution < 1.29 is 9.53 Å². The molecule has 3 nitrogen and oxygen atoms in total. The first-order valence-corrected chi connectivity index (χ1v) is 8.15. The molecule has 0 aliphatic heterocycles. The molecule has 1 aromatic rings. The zero-order valence-electron chi connectivity index (χ0n) is 13.6. The van der Waals surface area contributed by atoms with Gasteiger partial charge in [-0.15, -0.1) is 0 Å². The number of rotatable bonds is 4. The molecule has 1 aliphatic carbocycles. The average Bonchev–Trinajstić information content (AvgIpc) is 2.53. The molecule has 0 aromatic heterocycles. The normalized spacial score (nSPS) is 16.3. The third-order valence-electron chi connectivity index (χ3n) is 4.09. The van der Waals surface area contributed by atoms with Crippen molar-refractivity contribution in [2.75, 3.05) is 18.0 Å². The van der Waals surface area contributed by atoms with Crippen LogP contribution in [0.15, 0.2) is 30.3 Å². The molecule has 0 unspecified atom stereocenters. The summed E-state index contributed by atoms with van der Waals surface area (Å²) in [5.41, 5.74) is 0.615. The zero-order chi connectivity index (χ0) is 15.8. The van der Waals surface area contributed by atoms with Crippen molar-refractivity contribution in [2.24, 2.45) is 0 Å². The molecule has 2 rings (SSSR count). The molecule has 1 saturated carbocycles. The van der Waals surface area contributed by atoms with Gasteiger partial charge in [-0.2, -0.15) is 0 Å². The minimum absolute atomic E-state index is 0.230. The summed E-state index contributed by atoms with van der Waals surface area (Å²) in [6.07, 6.45) is 5.08. The highest BCUT2D eigenvalue weighted by molar-refractivity contribution is 5.67. The van der Waals surface area contributed by atoms with Crippen LogP contribution in [0, 0.1) is 11.8 Å². The average molecular weight is 299 g/mol. The molecule has 0 saturated heterocycles. The quantitative estimate of drug-likeness (QED) is 0.626. The monoisotopic (exact) mass is 299 g/mol. The lowest BCUT2D eigenvalue weighted by Gasteiger charge is -2.31. The summed E-state index contributed by atoms with van der Waals surface area (Å²) in [4.78, 5) is 13.6. The van der Waals surface area contributed by atoms with Crippen molar-refractivity contribution in [3.05, 3.63) is 30.3 Å². The lowest BCUT2D eigenvalue weighted by atomic mass is 9.85. The summed E-state index contributed by atoms with van der Waals surface area (Å²) in [6.45, 7) is 5.15. The van der Waals surface area contributed by atoms with E-state index in [1.807, 2.05) is 18.2 Å². The summed E-state index contributed by atoms with van der Waals surface area (Å²) in [5, 5.41) is 0. The molecule has 1 aliphatic rings. The maximum Gasteiger partial charge on any atom is 0.304 e. The van der Waals surface area contributed by atoms with Gasteiger partial charge in [0.25, 0.3) is 0 Å². The summed E-state index contributed by atoms with van der Waals surface area (Å²) in [5.74, 6) is 6.29. The third-order valence-corrected chi connectivity index (χ3v) is 4.09. The van der Waals surface area contributed by atoms with E-state index in [0.717, 1.165) is 32.2 Å². The third kappa shape index (κ3) is 4.53. The van der Waals surface area contributed by atoms with Crippen LogP contribution in [-0.2, 0) is 9.53 Å². The van der Waals surface area contributed by atoms with Gasteiger partial charge >= 0.3 is 5.97 Å². The molecule has 0 bridgehead atoms. The van der Waals surface area contributed by atoms with Crippen molar-refractivity contribution in [1.82, 2.24) is 0 Å². The van der Waals surface area contributed by atoms with Gasteiger partial charge in [0, 0.05) is 19.2 Å². The topological polar surface area (TPSA) is 29.5 Å². The Morgan fingerprint density at radius 3 is 2.50 bits per heavy atom. The molecular formula is C19H25NO2. The van der Waals surface area contributed by atoms with E-state index in [9.17, 15) is 4.79 Å². The number of carbonyl (C=O) groups excluding carboxylic acids is 1. The predicted octanol–water partition coefficient (Wildman–Crippen LogP) is 3.78. The first kappa shape index (κ1) is 16.4. The van der Waals surface area contributed by atoms with E-state index in [4.69, 9.17) is 4.74 Å². The Morgan fingerprint density at radius 1 is 1.23 bits per heavy atom. The number of esters is 1.